The molecular weight excluding hydrogens is 232 g/mol. The van der Waals surface area contributed by atoms with Gasteiger partial charge in [-0.15, -0.1) is 0 Å². The molecule has 9 heteroatoms. The van der Waals surface area contributed by atoms with Crippen LogP contribution in [0.3, 0.4) is 0 Å². The lowest BCUT2D eigenvalue weighted by atomic mass is 10.4. The van der Waals surface area contributed by atoms with Crippen molar-refractivity contribution >= 4 is 15.9 Å². The minimum atomic E-state index is -3.77. The van der Waals surface area contributed by atoms with Crippen molar-refractivity contribution in [2.75, 3.05) is 4.72 Å². The van der Waals surface area contributed by atoms with Crippen LogP contribution in [0.2, 0.25) is 0 Å². The van der Waals surface area contributed by atoms with Crippen LogP contribution in [-0.2, 0) is 10.2 Å². The minimum Gasteiger partial charge on any atom is -0.270 e. The molecule has 0 unspecified atom stereocenters. The third-order valence-electron chi connectivity index (χ3n) is 1.66. The molecule has 0 amide bonds. The van der Waals surface area contributed by atoms with Crippen LogP contribution < -0.4 is 9.86 Å². The maximum absolute atomic E-state index is 10.7. The first-order valence-corrected chi connectivity index (χ1v) is 5.71. The van der Waals surface area contributed by atoms with Crippen molar-refractivity contribution < 1.29 is 8.42 Å². The van der Waals surface area contributed by atoms with Gasteiger partial charge in [-0.3, -0.25) is 4.72 Å². The molecule has 0 aliphatic heterocycles. The highest BCUT2D eigenvalue weighted by molar-refractivity contribution is 7.90. The molecule has 16 heavy (non-hydrogen) atoms. The fraction of sp³-hybridized carbons (Fsp3) is 0. The number of hydrogen-bond donors (Lipinski definition) is 2. The van der Waals surface area contributed by atoms with Crippen LogP contribution in [0, 0.1) is 0 Å². The first kappa shape index (κ1) is 10.5. The number of nitrogens with zero attached hydrogens (tertiary/aromatic N) is 4. The fourth-order valence-electron chi connectivity index (χ4n) is 1.07. The highest BCUT2D eigenvalue weighted by atomic mass is 32.2. The average molecular weight is 240 g/mol. The zero-order valence-electron chi connectivity index (χ0n) is 7.98. The van der Waals surface area contributed by atoms with Gasteiger partial charge < -0.3 is 0 Å². The number of nitrogens with one attached hydrogen (secondary N) is 1. The highest BCUT2D eigenvalue weighted by Crippen LogP contribution is 2.08. The van der Waals surface area contributed by atoms with Gasteiger partial charge in [-0.1, -0.05) is 0 Å². The van der Waals surface area contributed by atoms with E-state index < -0.39 is 10.2 Å². The van der Waals surface area contributed by atoms with E-state index in [1.807, 2.05) is 0 Å². The van der Waals surface area contributed by atoms with Gasteiger partial charge >= 0.3 is 0 Å². The lowest BCUT2D eigenvalue weighted by molar-refractivity contribution is 0.603. The number of nitrogens with two attached hydrogens (primary N) is 1. The lowest BCUT2D eigenvalue weighted by Crippen LogP contribution is -2.21. The predicted molar refractivity (Wildman–Crippen MR) is 55.9 cm³/mol. The lowest BCUT2D eigenvalue weighted by Gasteiger charge is -2.03. The molecule has 0 bridgehead atoms. The molecule has 2 rings (SSSR count). The molecule has 0 aromatic carbocycles. The summed E-state index contributed by atoms with van der Waals surface area (Å²) in [7, 11) is -3.77. The molecule has 0 aliphatic carbocycles. The van der Waals surface area contributed by atoms with E-state index in [9.17, 15) is 8.42 Å². The molecule has 0 spiro atoms. The Hall–Kier alpha value is -2.00. The third kappa shape index (κ3) is 2.52. The first-order chi connectivity index (χ1) is 7.54. The van der Waals surface area contributed by atoms with Gasteiger partial charge in [0.1, 0.15) is 12.7 Å². The van der Waals surface area contributed by atoms with Crippen LogP contribution in [0.5, 0.6) is 0 Å². The standard InChI is InChI=1S/C7H8N6O2S/c8-16(14,15)12-6-1-2-7(10-3-6)13-5-9-4-11-13/h1-5,12H,(H2,8,14,15). The van der Waals surface area contributed by atoms with Gasteiger partial charge in [-0.2, -0.15) is 13.5 Å². The van der Waals surface area contributed by atoms with E-state index in [0.29, 0.717) is 5.82 Å². The highest BCUT2D eigenvalue weighted by Gasteiger charge is 2.03. The van der Waals surface area contributed by atoms with Gasteiger partial charge in [-0.05, 0) is 12.1 Å². The maximum atomic E-state index is 10.7. The number of aromatic nitrogens is 4. The molecular formula is C7H8N6O2S. The van der Waals surface area contributed by atoms with Crippen LogP contribution in [0.15, 0.2) is 31.0 Å². The molecule has 3 N–H and O–H groups in total. The zero-order valence-corrected chi connectivity index (χ0v) is 8.79. The Morgan fingerprint density at radius 2 is 2.19 bits per heavy atom. The van der Waals surface area contributed by atoms with Crippen LogP contribution in [0.25, 0.3) is 5.82 Å². The topological polar surface area (TPSA) is 116 Å². The summed E-state index contributed by atoms with van der Waals surface area (Å²) in [4.78, 5) is 7.74. The second-order valence-electron chi connectivity index (χ2n) is 2.89. The van der Waals surface area contributed by atoms with Crippen molar-refractivity contribution in [2.45, 2.75) is 0 Å². The predicted octanol–water partition coefficient (Wildman–Crippen LogP) is -0.722. The van der Waals surface area contributed by atoms with Gasteiger partial charge in [0.2, 0.25) is 0 Å². The summed E-state index contributed by atoms with van der Waals surface area (Å²) < 4.78 is 25.0. The number of pyridine rings is 1. The van der Waals surface area contributed by atoms with Gasteiger partial charge in [0.15, 0.2) is 5.82 Å². The molecule has 2 aromatic heterocycles. The van der Waals surface area contributed by atoms with Crippen molar-refractivity contribution in [3.63, 3.8) is 0 Å². The van der Waals surface area contributed by atoms with E-state index >= 15 is 0 Å². The number of rotatable bonds is 3. The Bertz CT molecular complexity index is 561. The van der Waals surface area contributed by atoms with Crippen LogP contribution in [-0.4, -0.2) is 28.2 Å². The average Bonchev–Trinajstić information content (AvgIpc) is 2.69. The van der Waals surface area contributed by atoms with E-state index in [-0.39, 0.29) is 5.69 Å². The smallest absolute Gasteiger partial charge is 0.270 e. The van der Waals surface area contributed by atoms with E-state index in [1.165, 1.54) is 29.6 Å². The molecule has 0 atom stereocenters. The number of hydrogen-bond acceptors (Lipinski definition) is 5. The fourth-order valence-corrected chi connectivity index (χ4v) is 1.52. The van der Waals surface area contributed by atoms with Crippen molar-refractivity contribution in [3.8, 4) is 5.82 Å². The minimum absolute atomic E-state index is 0.284. The Labute approximate surface area is 91.3 Å². The molecule has 84 valence electrons. The molecule has 8 nitrogen and oxygen atoms in total. The third-order valence-corrected chi connectivity index (χ3v) is 2.18. The summed E-state index contributed by atoms with van der Waals surface area (Å²) in [5, 5.41) is 8.68. The van der Waals surface area contributed by atoms with Crippen molar-refractivity contribution in [1.82, 2.24) is 19.7 Å². The van der Waals surface area contributed by atoms with E-state index in [1.54, 1.807) is 6.07 Å². The summed E-state index contributed by atoms with van der Waals surface area (Å²) in [6.45, 7) is 0. The van der Waals surface area contributed by atoms with E-state index in [2.05, 4.69) is 19.8 Å². The van der Waals surface area contributed by atoms with Gasteiger partial charge in [-0.25, -0.2) is 19.8 Å². The summed E-state index contributed by atoms with van der Waals surface area (Å²) in [6.07, 6.45) is 4.19. The van der Waals surface area contributed by atoms with Gasteiger partial charge in [0, 0.05) is 0 Å². The van der Waals surface area contributed by atoms with Crippen LogP contribution in [0.1, 0.15) is 0 Å². The molecule has 0 aliphatic rings. The summed E-state index contributed by atoms with van der Waals surface area (Å²) in [5.41, 5.74) is 0.284. The Balaban J connectivity index is 2.24. The quantitative estimate of drug-likeness (QED) is 0.734. The largest absolute Gasteiger partial charge is 0.296 e. The monoisotopic (exact) mass is 240 g/mol. The first-order valence-electron chi connectivity index (χ1n) is 4.16. The Kier molecular flexibility index (Phi) is 2.54. The summed E-state index contributed by atoms with van der Waals surface area (Å²) >= 11 is 0. The SMILES string of the molecule is NS(=O)(=O)Nc1ccc(-n2cncn2)nc1. The molecule has 0 fully saturated rings. The molecule has 2 heterocycles. The van der Waals surface area contributed by atoms with Crippen molar-refractivity contribution in [3.05, 3.63) is 31.0 Å². The molecule has 2 aromatic rings. The van der Waals surface area contributed by atoms with Crippen LogP contribution >= 0.6 is 0 Å². The second kappa shape index (κ2) is 3.87. The summed E-state index contributed by atoms with van der Waals surface area (Å²) in [6, 6.07) is 3.11. The Morgan fingerprint density at radius 3 is 2.69 bits per heavy atom. The molecule has 0 saturated carbocycles. The maximum Gasteiger partial charge on any atom is 0.296 e. The van der Waals surface area contributed by atoms with Gasteiger partial charge in [0.25, 0.3) is 10.2 Å². The summed E-state index contributed by atoms with van der Waals surface area (Å²) in [5.74, 6) is 0.525. The number of anilines is 1. The molecule has 0 saturated heterocycles. The van der Waals surface area contributed by atoms with Crippen molar-refractivity contribution in [2.24, 2.45) is 5.14 Å². The normalized spacial score (nSPS) is 11.3. The van der Waals surface area contributed by atoms with Crippen molar-refractivity contribution in [1.29, 1.82) is 0 Å². The zero-order chi connectivity index (χ0) is 11.6. The van der Waals surface area contributed by atoms with Gasteiger partial charge in [0.05, 0.1) is 11.9 Å². The van der Waals surface area contributed by atoms with E-state index in [0.717, 1.165) is 0 Å². The second-order valence-corrected chi connectivity index (χ2v) is 4.19. The van der Waals surface area contributed by atoms with E-state index in [4.69, 9.17) is 5.14 Å². The van der Waals surface area contributed by atoms with Crippen LogP contribution in [0.4, 0.5) is 5.69 Å². The molecule has 0 radical (unpaired) electrons. The Morgan fingerprint density at radius 1 is 1.38 bits per heavy atom.